The van der Waals surface area contributed by atoms with Gasteiger partial charge in [-0.3, -0.25) is 0 Å². The third kappa shape index (κ3) is 3.59. The van der Waals surface area contributed by atoms with Gasteiger partial charge in [0.05, 0.1) is 16.3 Å². The van der Waals surface area contributed by atoms with Crippen molar-refractivity contribution in [2.45, 2.75) is 4.90 Å². The summed E-state index contributed by atoms with van der Waals surface area (Å²) in [6, 6.07) is 23.1. The van der Waals surface area contributed by atoms with E-state index in [1.807, 2.05) is 12.1 Å². The highest BCUT2D eigenvalue weighted by Gasteiger charge is 2.16. The number of hydrogen-bond donors (Lipinski definition) is 1. The number of benzene rings is 3. The van der Waals surface area contributed by atoms with Crippen LogP contribution in [0, 0.1) is 11.9 Å². The first kappa shape index (κ1) is 18.1. The van der Waals surface area contributed by atoms with E-state index in [4.69, 9.17) is 4.98 Å². The van der Waals surface area contributed by atoms with Gasteiger partial charge in [-0.2, -0.15) is 0 Å². The van der Waals surface area contributed by atoms with Gasteiger partial charge in [-0.1, -0.05) is 36.4 Å². The minimum atomic E-state index is -3.28. The zero-order valence-electron chi connectivity index (χ0n) is 15.0. The lowest BCUT2D eigenvalue weighted by molar-refractivity contribution is 0.602. The first-order valence-electron chi connectivity index (χ1n) is 8.55. The van der Waals surface area contributed by atoms with Crippen LogP contribution in [0.4, 0.5) is 4.39 Å². The molecule has 0 aliphatic carbocycles. The molecular formula is C22H16FN2O2S. The largest absolute Gasteiger partial charge is 0.337 e. The van der Waals surface area contributed by atoms with Crippen molar-refractivity contribution in [2.75, 3.05) is 6.26 Å². The van der Waals surface area contributed by atoms with E-state index in [1.165, 1.54) is 18.4 Å². The summed E-state index contributed by atoms with van der Waals surface area (Å²) in [4.78, 5) is 8.28. The molecule has 0 fully saturated rings. The normalized spacial score (nSPS) is 11.5. The van der Waals surface area contributed by atoms with Gasteiger partial charge in [0.2, 0.25) is 0 Å². The van der Waals surface area contributed by atoms with Crippen molar-refractivity contribution >= 4 is 9.84 Å². The summed E-state index contributed by atoms with van der Waals surface area (Å²) in [5.41, 5.74) is 3.83. The van der Waals surface area contributed by atoms with E-state index in [0.717, 1.165) is 22.4 Å². The van der Waals surface area contributed by atoms with Crippen LogP contribution in [0.1, 0.15) is 0 Å². The second kappa shape index (κ2) is 7.05. The second-order valence-electron chi connectivity index (χ2n) is 6.40. The number of nitrogens with zero attached hydrogens (tertiary/aromatic N) is 1. The summed E-state index contributed by atoms with van der Waals surface area (Å²) in [7, 11) is -3.28. The molecule has 0 saturated heterocycles. The Morgan fingerprint density at radius 2 is 1.46 bits per heavy atom. The minimum Gasteiger partial charge on any atom is -0.337 e. The van der Waals surface area contributed by atoms with E-state index in [1.54, 1.807) is 48.5 Å². The van der Waals surface area contributed by atoms with Crippen molar-refractivity contribution in [3.8, 4) is 33.9 Å². The first-order valence-corrected chi connectivity index (χ1v) is 10.4. The fourth-order valence-electron chi connectivity index (χ4n) is 2.95. The highest BCUT2D eigenvalue weighted by Crippen LogP contribution is 2.33. The van der Waals surface area contributed by atoms with Gasteiger partial charge < -0.3 is 4.98 Å². The molecular weight excluding hydrogens is 375 g/mol. The van der Waals surface area contributed by atoms with E-state index in [0.29, 0.717) is 11.5 Å². The average Bonchev–Trinajstić information content (AvgIpc) is 3.14. The van der Waals surface area contributed by atoms with Crippen molar-refractivity contribution in [1.29, 1.82) is 0 Å². The van der Waals surface area contributed by atoms with Crippen molar-refractivity contribution < 1.29 is 12.8 Å². The molecule has 0 saturated carbocycles. The molecule has 1 radical (unpaired) electrons. The molecule has 0 spiro atoms. The SMILES string of the molecule is CS(=O)(=O)c1ccc(-c2nc(-c3cc[c]cc3)[nH]c2-c2ccc(F)cc2)cc1. The number of imidazole rings is 1. The van der Waals surface area contributed by atoms with Gasteiger partial charge in [0, 0.05) is 22.9 Å². The fraction of sp³-hybridized carbons (Fsp3) is 0.0455. The topological polar surface area (TPSA) is 62.8 Å². The summed E-state index contributed by atoms with van der Waals surface area (Å²) in [6.45, 7) is 0. The molecule has 4 aromatic rings. The summed E-state index contributed by atoms with van der Waals surface area (Å²) >= 11 is 0. The quantitative estimate of drug-likeness (QED) is 0.546. The van der Waals surface area contributed by atoms with Gasteiger partial charge in [0.1, 0.15) is 11.6 Å². The van der Waals surface area contributed by atoms with Crippen LogP contribution in [0.25, 0.3) is 33.9 Å². The number of halogens is 1. The molecule has 4 rings (SSSR count). The third-order valence-electron chi connectivity index (χ3n) is 4.38. The van der Waals surface area contributed by atoms with Crippen molar-refractivity contribution in [3.05, 3.63) is 84.7 Å². The highest BCUT2D eigenvalue weighted by molar-refractivity contribution is 7.90. The molecule has 0 atom stereocenters. The van der Waals surface area contributed by atoms with Gasteiger partial charge in [-0.05, 0) is 42.5 Å². The van der Waals surface area contributed by atoms with Crippen LogP contribution in [0.5, 0.6) is 0 Å². The predicted octanol–water partition coefficient (Wildman–Crippen LogP) is 4.75. The highest BCUT2D eigenvalue weighted by atomic mass is 32.2. The van der Waals surface area contributed by atoms with Crippen LogP contribution in [-0.4, -0.2) is 24.6 Å². The monoisotopic (exact) mass is 391 g/mol. The molecule has 139 valence electrons. The molecule has 6 heteroatoms. The molecule has 1 aromatic heterocycles. The number of nitrogens with one attached hydrogen (secondary N) is 1. The first-order chi connectivity index (χ1) is 13.4. The van der Waals surface area contributed by atoms with E-state index in [-0.39, 0.29) is 10.7 Å². The Hall–Kier alpha value is -3.25. The van der Waals surface area contributed by atoms with Gasteiger partial charge in [-0.15, -0.1) is 0 Å². The number of aromatic amines is 1. The minimum absolute atomic E-state index is 0.244. The zero-order valence-corrected chi connectivity index (χ0v) is 15.8. The van der Waals surface area contributed by atoms with Gasteiger partial charge >= 0.3 is 0 Å². The van der Waals surface area contributed by atoms with E-state index < -0.39 is 9.84 Å². The number of hydrogen-bond acceptors (Lipinski definition) is 3. The van der Waals surface area contributed by atoms with Gasteiger partial charge in [0.25, 0.3) is 0 Å². The lowest BCUT2D eigenvalue weighted by Gasteiger charge is -2.04. The Balaban J connectivity index is 1.87. The van der Waals surface area contributed by atoms with Crippen LogP contribution in [0.15, 0.2) is 77.7 Å². The number of aromatic nitrogens is 2. The maximum Gasteiger partial charge on any atom is 0.175 e. The van der Waals surface area contributed by atoms with Crippen LogP contribution in [0.2, 0.25) is 0 Å². The van der Waals surface area contributed by atoms with E-state index in [2.05, 4.69) is 11.1 Å². The van der Waals surface area contributed by atoms with Gasteiger partial charge in [-0.25, -0.2) is 17.8 Å². The Morgan fingerprint density at radius 3 is 2.07 bits per heavy atom. The molecule has 0 bridgehead atoms. The Kier molecular flexibility index (Phi) is 4.57. The average molecular weight is 391 g/mol. The molecule has 1 heterocycles. The van der Waals surface area contributed by atoms with Gasteiger partial charge in [0.15, 0.2) is 9.84 Å². The summed E-state index contributed by atoms with van der Waals surface area (Å²) in [6.07, 6.45) is 1.17. The molecule has 3 aromatic carbocycles. The Labute approximate surface area is 162 Å². The smallest absolute Gasteiger partial charge is 0.175 e. The Morgan fingerprint density at radius 1 is 0.857 bits per heavy atom. The maximum absolute atomic E-state index is 13.4. The predicted molar refractivity (Wildman–Crippen MR) is 107 cm³/mol. The molecule has 28 heavy (non-hydrogen) atoms. The third-order valence-corrected chi connectivity index (χ3v) is 5.51. The Bertz CT molecular complexity index is 1210. The van der Waals surface area contributed by atoms with Crippen LogP contribution < -0.4 is 0 Å². The molecule has 0 aliphatic heterocycles. The molecule has 0 amide bonds. The van der Waals surface area contributed by atoms with Crippen LogP contribution in [0.3, 0.4) is 0 Å². The molecule has 4 nitrogen and oxygen atoms in total. The molecule has 1 N–H and O–H groups in total. The lowest BCUT2D eigenvalue weighted by atomic mass is 10.1. The summed E-state index contributed by atoms with van der Waals surface area (Å²) in [5, 5.41) is 0. The molecule has 0 unspecified atom stereocenters. The standard InChI is InChI=1S/C22H16FN2O2S/c1-28(26,27)19-13-9-16(10-14-19)21-20(15-7-11-18(23)12-8-15)24-22(25-21)17-5-3-2-4-6-17/h3-14H,1H3,(H,24,25). The summed E-state index contributed by atoms with van der Waals surface area (Å²) < 4.78 is 36.8. The fourth-order valence-corrected chi connectivity index (χ4v) is 3.58. The number of sulfone groups is 1. The zero-order chi connectivity index (χ0) is 19.7. The molecule has 0 aliphatic rings. The van der Waals surface area contributed by atoms with Crippen LogP contribution >= 0.6 is 0 Å². The van der Waals surface area contributed by atoms with Crippen molar-refractivity contribution in [2.24, 2.45) is 0 Å². The summed E-state index contributed by atoms with van der Waals surface area (Å²) in [5.74, 6) is 0.344. The second-order valence-corrected chi connectivity index (χ2v) is 8.42. The maximum atomic E-state index is 13.4. The lowest BCUT2D eigenvalue weighted by Crippen LogP contribution is -1.96. The number of H-pyrrole nitrogens is 1. The van der Waals surface area contributed by atoms with E-state index in [9.17, 15) is 12.8 Å². The van der Waals surface area contributed by atoms with Crippen molar-refractivity contribution in [3.63, 3.8) is 0 Å². The van der Waals surface area contributed by atoms with Crippen molar-refractivity contribution in [1.82, 2.24) is 9.97 Å². The van der Waals surface area contributed by atoms with E-state index >= 15 is 0 Å². The van der Waals surface area contributed by atoms with Crippen LogP contribution in [-0.2, 0) is 9.84 Å². The number of rotatable bonds is 4.